The number of rotatable bonds is 4. The lowest BCUT2D eigenvalue weighted by molar-refractivity contribution is 0.00578. The number of halogens is 1. The lowest BCUT2D eigenvalue weighted by Crippen LogP contribution is -2.41. The Morgan fingerprint density at radius 1 is 1.14 bits per heavy atom. The molecule has 2 rings (SSSR count). The van der Waals surface area contributed by atoms with Crippen molar-refractivity contribution in [1.29, 1.82) is 0 Å². The summed E-state index contributed by atoms with van der Waals surface area (Å²) in [6.45, 7) is 10.5. The average molecular weight is 313 g/mol. The normalized spacial score (nSPS) is 19.7. The van der Waals surface area contributed by atoms with E-state index in [1.807, 2.05) is 40.7 Å². The van der Waals surface area contributed by atoms with Crippen LogP contribution in [0.1, 0.15) is 34.6 Å². The van der Waals surface area contributed by atoms with Crippen LogP contribution in [0.15, 0.2) is 12.1 Å². The molecule has 0 bridgehead atoms. The molecule has 0 saturated carbocycles. The van der Waals surface area contributed by atoms with Crippen LogP contribution < -0.4 is 14.9 Å². The van der Waals surface area contributed by atoms with Crippen molar-refractivity contribution in [2.45, 2.75) is 45.8 Å². The van der Waals surface area contributed by atoms with Crippen molar-refractivity contribution in [1.82, 2.24) is 0 Å². The number of benzene rings is 1. The third-order valence-corrected chi connectivity index (χ3v) is 4.34. The lowest BCUT2D eigenvalue weighted by Gasteiger charge is -2.32. The van der Waals surface area contributed by atoms with Gasteiger partial charge in [-0.3, -0.25) is 0 Å². The van der Waals surface area contributed by atoms with E-state index in [9.17, 15) is 0 Å². The first-order valence-electron chi connectivity index (χ1n) is 7.07. The summed E-state index contributed by atoms with van der Waals surface area (Å²) in [7, 11) is 1.09. The zero-order valence-corrected chi connectivity index (χ0v) is 14.2. The molecule has 0 atom stereocenters. The average Bonchev–Trinajstić information content (AvgIpc) is 2.58. The second kappa shape index (κ2) is 5.71. The topological polar surface area (TPSA) is 36.9 Å². The summed E-state index contributed by atoms with van der Waals surface area (Å²) >= 11 is 6.27. The molecule has 0 amide bonds. The van der Waals surface area contributed by atoms with Gasteiger partial charge in [0.05, 0.1) is 29.9 Å². The predicted octanol–water partition coefficient (Wildman–Crippen LogP) is 3.05. The summed E-state index contributed by atoms with van der Waals surface area (Å²) in [5, 5.41) is 0.480. The Labute approximate surface area is 131 Å². The first-order chi connectivity index (χ1) is 9.71. The van der Waals surface area contributed by atoms with Gasteiger partial charge < -0.3 is 18.8 Å². The predicted molar refractivity (Wildman–Crippen MR) is 84.9 cm³/mol. The molecule has 1 aromatic rings. The van der Waals surface area contributed by atoms with Gasteiger partial charge in [0.25, 0.3) is 0 Å². The van der Waals surface area contributed by atoms with Crippen LogP contribution in [-0.4, -0.2) is 32.0 Å². The molecule has 4 nitrogen and oxygen atoms in total. The van der Waals surface area contributed by atoms with Gasteiger partial charge in [0.1, 0.15) is 0 Å². The minimum absolute atomic E-state index is 0.393. The fourth-order valence-electron chi connectivity index (χ4n) is 2.16. The maximum Gasteiger partial charge on any atom is 0.495 e. The third kappa shape index (κ3) is 3.00. The van der Waals surface area contributed by atoms with Crippen molar-refractivity contribution in [3.63, 3.8) is 0 Å². The summed E-state index contributed by atoms with van der Waals surface area (Å²) in [6.07, 6.45) is 0. The summed E-state index contributed by atoms with van der Waals surface area (Å²) in [5.74, 6) is 1.12. The first-order valence-corrected chi connectivity index (χ1v) is 7.45. The van der Waals surface area contributed by atoms with Crippen LogP contribution in [0.3, 0.4) is 0 Å². The molecule has 0 N–H and O–H groups in total. The van der Waals surface area contributed by atoms with Gasteiger partial charge in [-0.05, 0) is 52.2 Å². The van der Waals surface area contributed by atoms with Crippen molar-refractivity contribution in [3.05, 3.63) is 17.2 Å². The zero-order valence-electron chi connectivity index (χ0n) is 13.5. The van der Waals surface area contributed by atoms with Gasteiger partial charge in [-0.1, -0.05) is 11.6 Å². The largest absolute Gasteiger partial charge is 0.495 e. The van der Waals surface area contributed by atoms with Gasteiger partial charge >= 0.3 is 7.12 Å². The molecule has 1 aromatic carbocycles. The van der Waals surface area contributed by atoms with Crippen LogP contribution in [-0.2, 0) is 9.31 Å². The fraction of sp³-hybridized carbons (Fsp3) is 0.600. The molecule has 0 radical (unpaired) electrons. The van der Waals surface area contributed by atoms with Crippen LogP contribution in [0.25, 0.3) is 0 Å². The van der Waals surface area contributed by atoms with Gasteiger partial charge in [0.15, 0.2) is 11.5 Å². The van der Waals surface area contributed by atoms with E-state index in [0.717, 1.165) is 5.46 Å². The second-order valence-electron chi connectivity index (χ2n) is 6.06. The van der Waals surface area contributed by atoms with E-state index < -0.39 is 18.3 Å². The summed E-state index contributed by atoms with van der Waals surface area (Å²) in [4.78, 5) is 0. The Morgan fingerprint density at radius 3 is 2.19 bits per heavy atom. The third-order valence-electron chi connectivity index (χ3n) is 4.06. The molecule has 0 aliphatic carbocycles. The molecule has 0 spiro atoms. The minimum Gasteiger partial charge on any atom is -0.491 e. The quantitative estimate of drug-likeness (QED) is 0.801. The van der Waals surface area contributed by atoms with E-state index in [1.54, 1.807) is 13.2 Å². The second-order valence-corrected chi connectivity index (χ2v) is 6.46. The number of methoxy groups -OCH3 is 1. The number of ether oxygens (including phenoxy) is 2. The fourth-order valence-corrected chi connectivity index (χ4v) is 2.46. The van der Waals surface area contributed by atoms with Crippen molar-refractivity contribution in [2.24, 2.45) is 0 Å². The summed E-state index contributed by atoms with van der Waals surface area (Å²) < 4.78 is 23.0. The Morgan fingerprint density at radius 2 is 1.71 bits per heavy atom. The van der Waals surface area contributed by atoms with Crippen molar-refractivity contribution in [3.8, 4) is 11.5 Å². The molecule has 1 saturated heterocycles. The van der Waals surface area contributed by atoms with E-state index in [-0.39, 0.29) is 0 Å². The van der Waals surface area contributed by atoms with Gasteiger partial charge in [-0.2, -0.15) is 0 Å². The smallest absolute Gasteiger partial charge is 0.491 e. The highest BCUT2D eigenvalue weighted by atomic mass is 35.5. The number of hydrogen-bond donors (Lipinski definition) is 0. The molecule has 1 heterocycles. The van der Waals surface area contributed by atoms with E-state index >= 15 is 0 Å². The van der Waals surface area contributed by atoms with E-state index in [0.29, 0.717) is 23.1 Å². The molecule has 116 valence electrons. The molecule has 1 aliphatic heterocycles. The van der Waals surface area contributed by atoms with E-state index in [1.165, 1.54) is 0 Å². The maximum absolute atomic E-state index is 6.27. The SMILES string of the molecule is CCOc1cc(B2OC(C)(C)C(C)(C)O2)cc(Cl)c1OC. The number of hydrogen-bond acceptors (Lipinski definition) is 4. The highest BCUT2D eigenvalue weighted by Gasteiger charge is 2.51. The van der Waals surface area contributed by atoms with Crippen LogP contribution in [0.5, 0.6) is 11.5 Å². The summed E-state index contributed by atoms with van der Waals surface area (Å²) in [5.41, 5.74) is 0.0361. The highest BCUT2D eigenvalue weighted by Crippen LogP contribution is 2.38. The van der Waals surface area contributed by atoms with Gasteiger partial charge in [-0.15, -0.1) is 0 Å². The molecular weight excluding hydrogens is 290 g/mol. The monoisotopic (exact) mass is 312 g/mol. The summed E-state index contributed by atoms with van der Waals surface area (Å²) in [6, 6.07) is 3.65. The van der Waals surface area contributed by atoms with Gasteiger partial charge in [0.2, 0.25) is 0 Å². The van der Waals surface area contributed by atoms with Crippen molar-refractivity contribution in [2.75, 3.05) is 13.7 Å². The Hall–Kier alpha value is -0.905. The highest BCUT2D eigenvalue weighted by molar-refractivity contribution is 6.62. The first kappa shape index (κ1) is 16.5. The molecule has 6 heteroatoms. The molecule has 0 unspecified atom stereocenters. The zero-order chi connectivity index (χ0) is 15.8. The Balaban J connectivity index is 2.38. The van der Waals surface area contributed by atoms with E-state index in [4.69, 9.17) is 30.4 Å². The van der Waals surface area contributed by atoms with Crippen LogP contribution in [0, 0.1) is 0 Å². The van der Waals surface area contributed by atoms with Gasteiger partial charge in [-0.25, -0.2) is 0 Å². The standard InChI is InChI=1S/C15H22BClO4/c1-7-19-12-9-10(8-11(17)13(12)18-6)16-20-14(2,3)15(4,5)21-16/h8-9H,7H2,1-6H3. The maximum atomic E-state index is 6.27. The van der Waals surface area contributed by atoms with Crippen LogP contribution in [0.4, 0.5) is 0 Å². The van der Waals surface area contributed by atoms with Crippen LogP contribution in [0.2, 0.25) is 5.02 Å². The molecule has 21 heavy (non-hydrogen) atoms. The van der Waals surface area contributed by atoms with Crippen molar-refractivity contribution < 1.29 is 18.8 Å². The molecular formula is C15H22BClO4. The molecule has 1 aliphatic rings. The lowest BCUT2D eigenvalue weighted by atomic mass is 9.79. The van der Waals surface area contributed by atoms with E-state index in [2.05, 4.69) is 0 Å². The Kier molecular flexibility index (Phi) is 4.48. The molecule has 0 aromatic heterocycles. The minimum atomic E-state index is -0.474. The van der Waals surface area contributed by atoms with Crippen LogP contribution >= 0.6 is 11.6 Å². The van der Waals surface area contributed by atoms with Gasteiger partial charge in [0, 0.05) is 0 Å². The van der Waals surface area contributed by atoms with Crippen molar-refractivity contribution >= 4 is 24.2 Å². The Bertz CT molecular complexity index is 515. The molecule has 1 fully saturated rings.